The summed E-state index contributed by atoms with van der Waals surface area (Å²) in [6, 6.07) is 10.5. The molecule has 1 aliphatic heterocycles. The fraction of sp³-hybridized carbons (Fsp3) is 0.273. The van der Waals surface area contributed by atoms with Crippen LogP contribution in [0.2, 0.25) is 0 Å². The molecule has 0 unspecified atom stereocenters. The molecule has 0 bridgehead atoms. The lowest BCUT2D eigenvalue weighted by Gasteiger charge is -2.18. The number of nitrogens with one attached hydrogen (secondary N) is 1. The zero-order valence-corrected chi connectivity index (χ0v) is 16.0. The Morgan fingerprint density at radius 3 is 2.79 bits per heavy atom. The van der Waals surface area contributed by atoms with Crippen LogP contribution in [0.1, 0.15) is 36.2 Å². The molecule has 0 fully saturated rings. The lowest BCUT2D eigenvalue weighted by Crippen LogP contribution is -2.25. The summed E-state index contributed by atoms with van der Waals surface area (Å²) < 4.78 is 16.6. The third kappa shape index (κ3) is 4.71. The van der Waals surface area contributed by atoms with Crippen LogP contribution in [0.4, 0.5) is 5.69 Å². The normalized spacial score (nSPS) is 12.9. The topological polar surface area (TPSA) is 73.9 Å². The molecule has 6 heteroatoms. The Balaban J connectivity index is 1.75. The lowest BCUT2D eigenvalue weighted by atomic mass is 10.1. The van der Waals surface area contributed by atoms with Gasteiger partial charge in [0.15, 0.2) is 23.9 Å². The van der Waals surface area contributed by atoms with E-state index in [9.17, 15) is 9.59 Å². The van der Waals surface area contributed by atoms with E-state index in [0.717, 1.165) is 12.0 Å². The molecular weight excluding hydrogens is 358 g/mol. The highest BCUT2D eigenvalue weighted by molar-refractivity contribution is 6.08. The molecule has 0 atom stereocenters. The molecule has 3 rings (SSSR count). The standard InChI is InChI=1S/C22H23NO5/c1-3-11-27-20-9-6-15(12-21(20)26-4-2)5-8-18(24)16-7-10-19-17(13-16)23-22(25)14-28-19/h5-10,12-13H,3-4,11,14H2,1-2H3,(H,23,25)/b8-5+. The molecule has 28 heavy (non-hydrogen) atoms. The number of carbonyl (C=O) groups excluding carboxylic acids is 2. The third-order valence-electron chi connectivity index (χ3n) is 4.05. The van der Waals surface area contributed by atoms with Gasteiger partial charge in [-0.1, -0.05) is 19.1 Å². The van der Waals surface area contributed by atoms with Crippen molar-refractivity contribution in [2.45, 2.75) is 20.3 Å². The Morgan fingerprint density at radius 2 is 2.00 bits per heavy atom. The Morgan fingerprint density at radius 1 is 1.14 bits per heavy atom. The molecule has 1 aliphatic rings. The van der Waals surface area contributed by atoms with Gasteiger partial charge in [0.1, 0.15) is 5.75 Å². The molecule has 6 nitrogen and oxygen atoms in total. The predicted octanol–water partition coefficient (Wildman–Crippen LogP) is 4.10. The summed E-state index contributed by atoms with van der Waals surface area (Å²) in [5.74, 6) is 1.49. The SMILES string of the molecule is CCCOc1ccc(/C=C/C(=O)c2ccc3c(c2)NC(=O)CO3)cc1OCC. The van der Waals surface area contributed by atoms with Gasteiger partial charge in [-0.15, -0.1) is 0 Å². The minimum absolute atomic E-state index is 0.0136. The Bertz CT molecular complexity index is 904. The second-order valence-electron chi connectivity index (χ2n) is 6.23. The van der Waals surface area contributed by atoms with Crippen LogP contribution in [0.25, 0.3) is 6.08 Å². The van der Waals surface area contributed by atoms with Crippen molar-refractivity contribution in [2.24, 2.45) is 0 Å². The van der Waals surface area contributed by atoms with E-state index in [1.54, 1.807) is 24.3 Å². The number of ketones is 1. The molecule has 0 aromatic heterocycles. The number of allylic oxidation sites excluding steroid dienone is 1. The van der Waals surface area contributed by atoms with Crippen LogP contribution in [0.5, 0.6) is 17.2 Å². The molecule has 0 aliphatic carbocycles. The van der Waals surface area contributed by atoms with Crippen LogP contribution in [0, 0.1) is 0 Å². The van der Waals surface area contributed by atoms with Crippen molar-refractivity contribution in [2.75, 3.05) is 25.1 Å². The first-order valence-electron chi connectivity index (χ1n) is 9.29. The first kappa shape index (κ1) is 19.5. The Hall–Kier alpha value is -3.28. The zero-order chi connectivity index (χ0) is 19.9. The highest BCUT2D eigenvalue weighted by atomic mass is 16.5. The number of anilines is 1. The number of amides is 1. The Labute approximate surface area is 164 Å². The van der Waals surface area contributed by atoms with Gasteiger partial charge < -0.3 is 19.5 Å². The van der Waals surface area contributed by atoms with Gasteiger partial charge >= 0.3 is 0 Å². The van der Waals surface area contributed by atoms with E-state index in [1.165, 1.54) is 6.08 Å². The molecule has 0 spiro atoms. The molecule has 0 saturated carbocycles. The molecule has 1 N–H and O–H groups in total. The van der Waals surface area contributed by atoms with Gasteiger partial charge in [0.05, 0.1) is 18.9 Å². The van der Waals surface area contributed by atoms with Gasteiger partial charge in [-0.25, -0.2) is 0 Å². The van der Waals surface area contributed by atoms with E-state index in [2.05, 4.69) is 5.32 Å². The minimum atomic E-state index is -0.235. The van der Waals surface area contributed by atoms with Gasteiger partial charge in [0, 0.05) is 5.56 Å². The van der Waals surface area contributed by atoms with Crippen molar-refractivity contribution in [3.63, 3.8) is 0 Å². The molecule has 1 heterocycles. The summed E-state index contributed by atoms with van der Waals surface area (Å²) in [7, 11) is 0. The number of hydrogen-bond acceptors (Lipinski definition) is 5. The highest BCUT2D eigenvalue weighted by Crippen LogP contribution is 2.30. The van der Waals surface area contributed by atoms with Crippen LogP contribution in [-0.4, -0.2) is 31.5 Å². The number of benzene rings is 2. The molecular formula is C22H23NO5. The van der Waals surface area contributed by atoms with Crippen molar-refractivity contribution >= 4 is 23.5 Å². The predicted molar refractivity (Wildman–Crippen MR) is 107 cm³/mol. The fourth-order valence-electron chi connectivity index (χ4n) is 2.73. The Kier molecular flexibility index (Phi) is 6.32. The van der Waals surface area contributed by atoms with Crippen molar-refractivity contribution in [1.29, 1.82) is 0 Å². The molecule has 2 aromatic rings. The summed E-state index contributed by atoms with van der Waals surface area (Å²) in [5, 5.41) is 2.70. The second-order valence-corrected chi connectivity index (χ2v) is 6.23. The minimum Gasteiger partial charge on any atom is -0.490 e. The third-order valence-corrected chi connectivity index (χ3v) is 4.05. The average Bonchev–Trinajstić information content (AvgIpc) is 2.71. The number of carbonyl (C=O) groups is 2. The summed E-state index contributed by atoms with van der Waals surface area (Å²) >= 11 is 0. The van der Waals surface area contributed by atoms with E-state index in [1.807, 2.05) is 32.0 Å². The maximum atomic E-state index is 12.5. The van der Waals surface area contributed by atoms with Gasteiger partial charge in [0.25, 0.3) is 5.91 Å². The summed E-state index contributed by atoms with van der Waals surface area (Å²) in [5.41, 5.74) is 1.80. The van der Waals surface area contributed by atoms with Crippen LogP contribution < -0.4 is 19.5 Å². The van der Waals surface area contributed by atoms with E-state index >= 15 is 0 Å². The smallest absolute Gasteiger partial charge is 0.262 e. The molecule has 0 radical (unpaired) electrons. The van der Waals surface area contributed by atoms with E-state index < -0.39 is 0 Å². The molecule has 1 amide bonds. The van der Waals surface area contributed by atoms with Crippen molar-refractivity contribution < 1.29 is 23.8 Å². The van der Waals surface area contributed by atoms with Crippen LogP contribution in [-0.2, 0) is 4.79 Å². The average molecular weight is 381 g/mol. The van der Waals surface area contributed by atoms with Gasteiger partial charge in [-0.3, -0.25) is 9.59 Å². The monoisotopic (exact) mass is 381 g/mol. The van der Waals surface area contributed by atoms with E-state index in [4.69, 9.17) is 14.2 Å². The fourth-order valence-corrected chi connectivity index (χ4v) is 2.73. The number of hydrogen-bond donors (Lipinski definition) is 1. The summed E-state index contributed by atoms with van der Waals surface area (Å²) in [6.07, 6.45) is 4.13. The number of ether oxygens (including phenoxy) is 3. The largest absolute Gasteiger partial charge is 0.490 e. The van der Waals surface area contributed by atoms with Crippen LogP contribution in [0.3, 0.4) is 0 Å². The quantitative estimate of drug-likeness (QED) is 0.550. The van der Waals surface area contributed by atoms with Crippen LogP contribution >= 0.6 is 0 Å². The molecule has 146 valence electrons. The first-order chi connectivity index (χ1) is 13.6. The maximum absolute atomic E-state index is 12.5. The van der Waals surface area contributed by atoms with Crippen LogP contribution in [0.15, 0.2) is 42.5 Å². The zero-order valence-electron chi connectivity index (χ0n) is 16.0. The van der Waals surface area contributed by atoms with Crippen molar-refractivity contribution in [3.05, 3.63) is 53.6 Å². The first-order valence-corrected chi connectivity index (χ1v) is 9.29. The van der Waals surface area contributed by atoms with Crippen molar-refractivity contribution in [1.82, 2.24) is 0 Å². The number of rotatable bonds is 8. The number of fused-ring (bicyclic) bond motifs is 1. The second kappa shape index (κ2) is 9.08. The highest BCUT2D eigenvalue weighted by Gasteiger charge is 2.17. The molecule has 0 saturated heterocycles. The summed E-state index contributed by atoms with van der Waals surface area (Å²) in [6.45, 7) is 5.08. The van der Waals surface area contributed by atoms with Crippen molar-refractivity contribution in [3.8, 4) is 17.2 Å². The van der Waals surface area contributed by atoms with E-state index in [-0.39, 0.29) is 18.3 Å². The van der Waals surface area contributed by atoms with Gasteiger partial charge in [-0.05, 0) is 55.3 Å². The van der Waals surface area contributed by atoms with Gasteiger partial charge in [0.2, 0.25) is 0 Å². The van der Waals surface area contributed by atoms with Gasteiger partial charge in [-0.2, -0.15) is 0 Å². The lowest BCUT2D eigenvalue weighted by molar-refractivity contribution is -0.118. The maximum Gasteiger partial charge on any atom is 0.262 e. The van der Waals surface area contributed by atoms with E-state index in [0.29, 0.717) is 41.7 Å². The molecule has 2 aromatic carbocycles. The summed E-state index contributed by atoms with van der Waals surface area (Å²) in [4.78, 5) is 23.9.